The van der Waals surface area contributed by atoms with E-state index in [1.54, 1.807) is 0 Å². The zero-order chi connectivity index (χ0) is 7.49. The number of rotatable bonds is 3. The molecule has 1 atom stereocenters. The largest absolute Gasteiger partial charge is 0.304 e. The second-order valence-corrected chi connectivity index (χ2v) is 3.08. The molecule has 0 aliphatic rings. The molecule has 0 bridgehead atoms. The zero-order valence-corrected chi connectivity index (χ0v) is 6.59. The number of hydrogen-bond donors (Lipinski definition) is 1. The zero-order valence-electron chi connectivity index (χ0n) is 6.59. The molecule has 1 unspecified atom stereocenters. The van der Waals surface area contributed by atoms with Crippen LogP contribution in [0, 0.1) is 0 Å². The molecule has 0 aromatic carbocycles. The van der Waals surface area contributed by atoms with Crippen LogP contribution in [0.3, 0.4) is 0 Å². The first-order valence-corrected chi connectivity index (χ1v) is 3.13. The highest BCUT2D eigenvalue weighted by atomic mass is 17.1. The third-order valence-corrected chi connectivity index (χ3v) is 1.33. The van der Waals surface area contributed by atoms with Crippen molar-refractivity contribution >= 4 is 0 Å². The summed E-state index contributed by atoms with van der Waals surface area (Å²) >= 11 is 0. The van der Waals surface area contributed by atoms with Crippen molar-refractivity contribution in [3.8, 4) is 0 Å². The number of quaternary nitrogens is 1. The normalized spacial score (nSPS) is 15.7. The second-order valence-electron chi connectivity index (χ2n) is 3.08. The topological polar surface area (TPSA) is 29.5 Å². The van der Waals surface area contributed by atoms with Crippen molar-refractivity contribution in [2.45, 2.75) is 19.6 Å². The van der Waals surface area contributed by atoms with Crippen molar-refractivity contribution in [2.75, 3.05) is 21.1 Å². The molecular formula is C6H16NO2+. The third kappa shape index (κ3) is 2.79. The number of hydrogen-bond acceptors (Lipinski definition) is 2. The molecule has 0 aromatic rings. The fraction of sp³-hybridized carbons (Fsp3) is 1.00. The van der Waals surface area contributed by atoms with Crippen LogP contribution in [0.1, 0.15) is 13.3 Å². The summed E-state index contributed by atoms with van der Waals surface area (Å²) in [5, 5.41) is 8.35. The summed E-state index contributed by atoms with van der Waals surface area (Å²) in [6.07, 6.45) is 0.713. The van der Waals surface area contributed by atoms with Crippen molar-refractivity contribution in [1.82, 2.24) is 0 Å². The smallest absolute Gasteiger partial charge is 0.223 e. The molecule has 0 rings (SSSR count). The van der Waals surface area contributed by atoms with Gasteiger partial charge in [0.25, 0.3) is 0 Å². The van der Waals surface area contributed by atoms with Crippen molar-refractivity contribution in [2.24, 2.45) is 0 Å². The molecule has 0 aliphatic heterocycles. The van der Waals surface area contributed by atoms with Gasteiger partial charge in [-0.1, -0.05) is 6.92 Å². The molecule has 1 N–H and O–H groups in total. The third-order valence-electron chi connectivity index (χ3n) is 1.33. The maximum atomic E-state index is 8.35. The van der Waals surface area contributed by atoms with Gasteiger partial charge < -0.3 is 4.48 Å². The summed E-state index contributed by atoms with van der Waals surface area (Å²) in [4.78, 5) is 4.24. The van der Waals surface area contributed by atoms with E-state index in [9.17, 15) is 0 Å². The fourth-order valence-corrected chi connectivity index (χ4v) is 0.764. The molecule has 0 saturated heterocycles. The van der Waals surface area contributed by atoms with Gasteiger partial charge in [0, 0.05) is 6.42 Å². The standard InChI is InChI=1S/C6H15NO2/c1-5-6(9-8)7(2,3)4/h6H,5H2,1-4H3/p+1. The maximum absolute atomic E-state index is 8.35. The van der Waals surface area contributed by atoms with Crippen LogP contribution in [0.15, 0.2) is 0 Å². The first kappa shape index (κ1) is 8.88. The molecule has 56 valence electrons. The van der Waals surface area contributed by atoms with Crippen LogP contribution < -0.4 is 0 Å². The van der Waals surface area contributed by atoms with Crippen LogP contribution in [0.4, 0.5) is 0 Å². The minimum atomic E-state index is -0.106. The monoisotopic (exact) mass is 134 g/mol. The van der Waals surface area contributed by atoms with Gasteiger partial charge in [-0.2, -0.15) is 4.89 Å². The Balaban J connectivity index is 3.79. The van der Waals surface area contributed by atoms with Crippen LogP contribution in [0.2, 0.25) is 0 Å². The lowest BCUT2D eigenvalue weighted by molar-refractivity contribution is -0.930. The van der Waals surface area contributed by atoms with E-state index in [4.69, 9.17) is 5.26 Å². The van der Waals surface area contributed by atoms with Crippen molar-refractivity contribution in [3.05, 3.63) is 0 Å². The van der Waals surface area contributed by atoms with E-state index in [0.717, 1.165) is 6.42 Å². The van der Waals surface area contributed by atoms with Gasteiger partial charge in [0.1, 0.15) is 0 Å². The first-order valence-electron chi connectivity index (χ1n) is 3.13. The molecule has 3 nitrogen and oxygen atoms in total. The Bertz CT molecular complexity index is 73.6. The van der Waals surface area contributed by atoms with Crippen molar-refractivity contribution < 1.29 is 14.6 Å². The highest BCUT2D eigenvalue weighted by Gasteiger charge is 2.21. The summed E-state index contributed by atoms with van der Waals surface area (Å²) < 4.78 is 0.632. The van der Waals surface area contributed by atoms with E-state index in [1.807, 2.05) is 28.1 Å². The van der Waals surface area contributed by atoms with E-state index < -0.39 is 0 Å². The molecule has 0 fully saturated rings. The maximum Gasteiger partial charge on any atom is 0.223 e. The van der Waals surface area contributed by atoms with E-state index in [2.05, 4.69) is 4.89 Å². The highest BCUT2D eigenvalue weighted by Crippen LogP contribution is 2.06. The summed E-state index contributed by atoms with van der Waals surface area (Å²) in [5.74, 6) is 0. The molecule has 0 heterocycles. The predicted molar refractivity (Wildman–Crippen MR) is 35.8 cm³/mol. The highest BCUT2D eigenvalue weighted by molar-refractivity contribution is 4.33. The lowest BCUT2D eigenvalue weighted by Crippen LogP contribution is -2.45. The minimum Gasteiger partial charge on any atom is -0.304 e. The Morgan fingerprint density at radius 1 is 1.44 bits per heavy atom. The van der Waals surface area contributed by atoms with Crippen LogP contribution in [0.25, 0.3) is 0 Å². The quantitative estimate of drug-likeness (QED) is 0.269. The molecule has 0 aromatic heterocycles. The predicted octanol–water partition coefficient (Wildman–Crippen LogP) is 0.918. The van der Waals surface area contributed by atoms with Crippen molar-refractivity contribution in [1.29, 1.82) is 0 Å². The van der Waals surface area contributed by atoms with Crippen LogP contribution in [0.5, 0.6) is 0 Å². The summed E-state index contributed by atoms with van der Waals surface area (Å²) in [5.41, 5.74) is 0. The van der Waals surface area contributed by atoms with Gasteiger partial charge in [-0.25, -0.2) is 5.26 Å². The Morgan fingerprint density at radius 2 is 1.89 bits per heavy atom. The molecule has 3 heteroatoms. The average Bonchev–Trinajstić information content (AvgIpc) is 1.65. The SMILES string of the molecule is CCC(OO)[N+](C)(C)C. The molecule has 0 saturated carbocycles. The lowest BCUT2D eigenvalue weighted by Gasteiger charge is -2.30. The second kappa shape index (κ2) is 3.15. The molecule has 0 spiro atoms. The minimum absolute atomic E-state index is 0.106. The van der Waals surface area contributed by atoms with Gasteiger partial charge in [0.2, 0.25) is 6.23 Å². The first-order chi connectivity index (χ1) is 4.02. The van der Waals surface area contributed by atoms with Crippen molar-refractivity contribution in [3.63, 3.8) is 0 Å². The van der Waals surface area contributed by atoms with Gasteiger partial charge in [0.15, 0.2) is 0 Å². The number of nitrogens with zero attached hydrogens (tertiary/aromatic N) is 1. The van der Waals surface area contributed by atoms with E-state index in [1.165, 1.54) is 0 Å². The molecule has 0 amide bonds. The fourth-order valence-electron chi connectivity index (χ4n) is 0.764. The van der Waals surface area contributed by atoms with E-state index in [0.29, 0.717) is 4.48 Å². The molecule has 0 aliphatic carbocycles. The molecular weight excluding hydrogens is 118 g/mol. The molecule has 9 heavy (non-hydrogen) atoms. The Labute approximate surface area is 56.4 Å². The molecule has 0 radical (unpaired) electrons. The summed E-state index contributed by atoms with van der Waals surface area (Å²) in [6, 6.07) is 0. The van der Waals surface area contributed by atoms with Gasteiger partial charge in [-0.3, -0.25) is 0 Å². The van der Waals surface area contributed by atoms with E-state index in [-0.39, 0.29) is 6.23 Å². The lowest BCUT2D eigenvalue weighted by atomic mass is 10.3. The Hall–Kier alpha value is -0.120. The summed E-state index contributed by atoms with van der Waals surface area (Å²) in [6.45, 7) is 1.98. The van der Waals surface area contributed by atoms with Gasteiger partial charge >= 0.3 is 0 Å². The average molecular weight is 134 g/mol. The van der Waals surface area contributed by atoms with E-state index >= 15 is 0 Å². The van der Waals surface area contributed by atoms with Gasteiger partial charge in [-0.05, 0) is 0 Å². The van der Waals surface area contributed by atoms with Gasteiger partial charge in [-0.15, -0.1) is 0 Å². The van der Waals surface area contributed by atoms with Crippen LogP contribution >= 0.6 is 0 Å². The van der Waals surface area contributed by atoms with Crippen LogP contribution in [-0.2, 0) is 4.89 Å². The Morgan fingerprint density at radius 3 is 1.89 bits per heavy atom. The Kier molecular flexibility index (Phi) is 3.11. The van der Waals surface area contributed by atoms with Crippen LogP contribution in [-0.4, -0.2) is 37.1 Å². The van der Waals surface area contributed by atoms with Gasteiger partial charge in [0.05, 0.1) is 21.1 Å². The summed E-state index contributed by atoms with van der Waals surface area (Å²) in [7, 11) is 5.93.